The smallest absolute Gasteiger partial charge is 0.111 e. The average Bonchev–Trinajstić information content (AvgIpc) is 2.69. The lowest BCUT2D eigenvalue weighted by Crippen LogP contribution is -2.24. The van der Waals surface area contributed by atoms with Gasteiger partial charge in [-0.2, -0.15) is 11.8 Å². The molecule has 0 amide bonds. The normalized spacial score (nSPS) is 12.3. The number of nitrogens with zero attached hydrogens (tertiary/aromatic N) is 2. The van der Waals surface area contributed by atoms with Gasteiger partial charge in [-0.3, -0.25) is 0 Å². The van der Waals surface area contributed by atoms with Crippen LogP contribution in [0.4, 0.5) is 0 Å². The third-order valence-electron chi connectivity index (χ3n) is 3.46. The Kier molecular flexibility index (Phi) is 4.46. The van der Waals surface area contributed by atoms with Crippen LogP contribution in [0.25, 0.3) is 11.0 Å². The molecule has 1 heterocycles. The van der Waals surface area contributed by atoms with Crippen LogP contribution in [0.15, 0.2) is 18.2 Å². The van der Waals surface area contributed by atoms with Gasteiger partial charge in [0.2, 0.25) is 0 Å². The van der Waals surface area contributed by atoms with E-state index in [0.29, 0.717) is 5.88 Å². The molecule has 0 radical (unpaired) electrons. The molecule has 1 aromatic heterocycles. The molecule has 2 nitrogen and oxygen atoms in total. The van der Waals surface area contributed by atoms with Gasteiger partial charge in [0.1, 0.15) is 5.82 Å². The van der Waals surface area contributed by atoms with Crippen LogP contribution in [-0.2, 0) is 13.0 Å². The zero-order valence-corrected chi connectivity index (χ0v) is 13.6. The van der Waals surface area contributed by atoms with Crippen LogP contribution in [0.5, 0.6) is 0 Å². The van der Waals surface area contributed by atoms with Crippen molar-refractivity contribution in [1.82, 2.24) is 9.55 Å². The molecular weight excluding hydrogens is 276 g/mol. The van der Waals surface area contributed by atoms with Gasteiger partial charge in [-0.15, -0.1) is 11.6 Å². The first-order valence-electron chi connectivity index (χ1n) is 6.54. The molecule has 0 N–H and O–H groups in total. The van der Waals surface area contributed by atoms with Crippen molar-refractivity contribution in [2.75, 3.05) is 12.1 Å². The minimum Gasteiger partial charge on any atom is -0.326 e. The Bertz CT molecular complexity index is 575. The first-order chi connectivity index (χ1) is 8.98. The fourth-order valence-electron chi connectivity index (χ4n) is 2.30. The maximum atomic E-state index is 5.92. The summed E-state index contributed by atoms with van der Waals surface area (Å²) in [6.07, 6.45) is 2.98. The second-order valence-electron chi connectivity index (χ2n) is 5.46. The molecule has 0 saturated carbocycles. The van der Waals surface area contributed by atoms with Gasteiger partial charge in [0.25, 0.3) is 0 Å². The fourth-order valence-corrected chi connectivity index (χ4v) is 2.73. The molecule has 0 bridgehead atoms. The number of alkyl halides is 1. The summed E-state index contributed by atoms with van der Waals surface area (Å²) in [7, 11) is 0. The predicted octanol–water partition coefficient (Wildman–Crippen LogP) is 4.27. The Labute approximate surface area is 124 Å². The van der Waals surface area contributed by atoms with Gasteiger partial charge < -0.3 is 4.57 Å². The molecule has 4 heteroatoms. The van der Waals surface area contributed by atoms with Crippen LogP contribution in [0.3, 0.4) is 0 Å². The quantitative estimate of drug-likeness (QED) is 0.767. The highest BCUT2D eigenvalue weighted by Gasteiger charge is 2.21. The van der Waals surface area contributed by atoms with E-state index in [4.69, 9.17) is 16.6 Å². The molecule has 0 atom stereocenters. The first kappa shape index (κ1) is 14.7. The van der Waals surface area contributed by atoms with Crippen LogP contribution in [-0.4, -0.2) is 26.4 Å². The van der Waals surface area contributed by atoms with Crippen molar-refractivity contribution in [2.45, 2.75) is 38.5 Å². The topological polar surface area (TPSA) is 17.8 Å². The molecule has 0 aliphatic heterocycles. The minimum absolute atomic E-state index is 0.191. The van der Waals surface area contributed by atoms with Gasteiger partial charge in [-0.05, 0) is 38.7 Å². The molecule has 0 saturated heterocycles. The van der Waals surface area contributed by atoms with E-state index in [-0.39, 0.29) is 4.75 Å². The van der Waals surface area contributed by atoms with Gasteiger partial charge in [-0.25, -0.2) is 4.98 Å². The van der Waals surface area contributed by atoms with E-state index in [2.05, 4.69) is 49.8 Å². The second kappa shape index (κ2) is 5.76. The number of imidazole rings is 1. The van der Waals surface area contributed by atoms with E-state index < -0.39 is 0 Å². The molecular formula is C15H21ClN2S. The van der Waals surface area contributed by atoms with Gasteiger partial charge >= 0.3 is 0 Å². The lowest BCUT2D eigenvalue weighted by molar-refractivity contribution is 0.561. The molecule has 0 spiro atoms. The van der Waals surface area contributed by atoms with Crippen molar-refractivity contribution in [2.24, 2.45) is 0 Å². The Morgan fingerprint density at radius 2 is 2.11 bits per heavy atom. The van der Waals surface area contributed by atoms with E-state index in [0.717, 1.165) is 24.3 Å². The summed E-state index contributed by atoms with van der Waals surface area (Å²) in [5, 5.41) is 0. The third kappa shape index (κ3) is 3.09. The van der Waals surface area contributed by atoms with E-state index >= 15 is 0 Å². The summed E-state index contributed by atoms with van der Waals surface area (Å²) in [6.45, 7) is 7.65. The van der Waals surface area contributed by atoms with Gasteiger partial charge in [0, 0.05) is 23.6 Å². The van der Waals surface area contributed by atoms with Crippen molar-refractivity contribution in [3.63, 3.8) is 0 Å². The maximum absolute atomic E-state index is 5.92. The molecule has 0 fully saturated rings. The van der Waals surface area contributed by atoms with Gasteiger partial charge in [0.05, 0.1) is 11.0 Å². The average molecular weight is 297 g/mol. The monoisotopic (exact) mass is 296 g/mol. The Hall–Kier alpha value is -0.670. The summed E-state index contributed by atoms with van der Waals surface area (Å²) in [6, 6.07) is 6.30. The van der Waals surface area contributed by atoms with Crippen molar-refractivity contribution in [1.29, 1.82) is 0 Å². The summed E-state index contributed by atoms with van der Waals surface area (Å²) < 4.78 is 2.54. The summed E-state index contributed by atoms with van der Waals surface area (Å²) >= 11 is 7.81. The number of halogens is 1. The third-order valence-corrected chi connectivity index (χ3v) is 4.88. The molecule has 0 aliphatic carbocycles. The number of aromatic nitrogens is 2. The van der Waals surface area contributed by atoms with Crippen molar-refractivity contribution in [3.8, 4) is 0 Å². The fraction of sp³-hybridized carbons (Fsp3) is 0.533. The van der Waals surface area contributed by atoms with Gasteiger partial charge in [0.15, 0.2) is 0 Å². The Balaban J connectivity index is 2.57. The zero-order valence-electron chi connectivity index (χ0n) is 12.0. The molecule has 0 unspecified atom stereocenters. The summed E-state index contributed by atoms with van der Waals surface area (Å²) in [4.78, 5) is 4.75. The molecule has 19 heavy (non-hydrogen) atoms. The highest BCUT2D eigenvalue weighted by atomic mass is 35.5. The van der Waals surface area contributed by atoms with Crippen LogP contribution in [0.2, 0.25) is 0 Å². The number of fused-ring (bicyclic) bond motifs is 1. The Morgan fingerprint density at radius 3 is 2.74 bits per heavy atom. The van der Waals surface area contributed by atoms with Crippen LogP contribution in [0.1, 0.15) is 25.2 Å². The van der Waals surface area contributed by atoms with Crippen molar-refractivity contribution in [3.05, 3.63) is 29.6 Å². The largest absolute Gasteiger partial charge is 0.326 e. The molecule has 0 aliphatic rings. The van der Waals surface area contributed by atoms with Crippen molar-refractivity contribution < 1.29 is 0 Å². The minimum atomic E-state index is 0.191. The highest BCUT2D eigenvalue weighted by molar-refractivity contribution is 7.99. The number of rotatable bonds is 5. The predicted molar refractivity (Wildman–Crippen MR) is 86.5 cm³/mol. The van der Waals surface area contributed by atoms with Crippen LogP contribution in [0, 0.1) is 6.92 Å². The summed E-state index contributed by atoms with van der Waals surface area (Å²) in [5.74, 6) is 1.71. The number of hydrogen-bond acceptors (Lipinski definition) is 2. The second-order valence-corrected chi connectivity index (χ2v) is 7.35. The van der Waals surface area contributed by atoms with E-state index in [9.17, 15) is 0 Å². The molecule has 2 rings (SSSR count). The standard InChI is InChI=1S/C15H21ClN2S/c1-11-6-5-7-12-14(11)18(10-15(2,3)19-4)13(17-12)8-9-16/h5-7H,8-10H2,1-4H3. The molecule has 104 valence electrons. The summed E-state index contributed by atoms with van der Waals surface area (Å²) in [5.41, 5.74) is 3.62. The lowest BCUT2D eigenvalue weighted by atomic mass is 10.1. The van der Waals surface area contributed by atoms with Gasteiger partial charge in [-0.1, -0.05) is 12.1 Å². The number of aryl methyl sites for hydroxylation is 2. The van der Waals surface area contributed by atoms with E-state index in [1.807, 2.05) is 11.8 Å². The number of hydrogen-bond donors (Lipinski definition) is 0. The molecule has 1 aromatic carbocycles. The maximum Gasteiger partial charge on any atom is 0.111 e. The number of thioether (sulfide) groups is 1. The van der Waals surface area contributed by atoms with Crippen molar-refractivity contribution >= 4 is 34.4 Å². The highest BCUT2D eigenvalue weighted by Crippen LogP contribution is 2.28. The number of benzene rings is 1. The molecule has 2 aromatic rings. The van der Waals surface area contributed by atoms with E-state index in [1.54, 1.807) is 0 Å². The van der Waals surface area contributed by atoms with E-state index in [1.165, 1.54) is 11.1 Å². The number of para-hydroxylation sites is 1. The zero-order chi connectivity index (χ0) is 14.0. The lowest BCUT2D eigenvalue weighted by Gasteiger charge is -2.24. The SMILES string of the molecule is CSC(C)(C)Cn1c(CCCl)nc2cccc(C)c21. The van der Waals surface area contributed by atoms with Crippen LogP contribution < -0.4 is 0 Å². The first-order valence-corrected chi connectivity index (χ1v) is 8.30. The Morgan fingerprint density at radius 1 is 1.37 bits per heavy atom. The van der Waals surface area contributed by atoms with Crippen LogP contribution >= 0.6 is 23.4 Å².